The summed E-state index contributed by atoms with van der Waals surface area (Å²) >= 11 is 1.34. The second-order valence-corrected chi connectivity index (χ2v) is 6.72. The fourth-order valence-electron chi connectivity index (χ4n) is 2.59. The first kappa shape index (κ1) is 19.3. The van der Waals surface area contributed by atoms with Crippen LogP contribution in [-0.2, 0) is 19.0 Å². The first-order chi connectivity index (χ1) is 12.9. The van der Waals surface area contributed by atoms with Crippen LogP contribution in [0.1, 0.15) is 18.1 Å². The van der Waals surface area contributed by atoms with Crippen LogP contribution in [0.15, 0.2) is 53.7 Å². The molecule has 2 aromatic carbocycles. The van der Waals surface area contributed by atoms with E-state index in [1.807, 2.05) is 42.8 Å². The average molecular weight is 393 g/mol. The highest BCUT2D eigenvalue weighted by Crippen LogP contribution is 2.33. The number of aromatic nitrogens is 3. The maximum absolute atomic E-state index is 12.8. The fourth-order valence-corrected chi connectivity index (χ4v) is 3.45. The van der Waals surface area contributed by atoms with Gasteiger partial charge in [0.15, 0.2) is 11.0 Å². The number of rotatable bonds is 6. The molecule has 0 radical (unpaired) electrons. The van der Waals surface area contributed by atoms with Gasteiger partial charge >= 0.3 is 6.18 Å². The second-order valence-electron chi connectivity index (χ2n) is 5.78. The van der Waals surface area contributed by atoms with Crippen molar-refractivity contribution in [3.8, 4) is 17.1 Å². The summed E-state index contributed by atoms with van der Waals surface area (Å²) in [5.41, 5.74) is 0.749. The zero-order valence-electron chi connectivity index (χ0n) is 14.8. The number of alkyl halides is 3. The molecule has 0 aliphatic rings. The molecule has 0 unspecified atom stereocenters. The number of ether oxygens (including phenoxy) is 1. The molecule has 3 aromatic rings. The summed E-state index contributed by atoms with van der Waals surface area (Å²) in [7, 11) is 1.83. The molecule has 0 bridgehead atoms. The van der Waals surface area contributed by atoms with Gasteiger partial charge in [-0.1, -0.05) is 42.1 Å². The standard InChI is InChI=1S/C19H18F3N3OS/c1-3-26-16-10-5-4-9-15(16)17-23-24-18(25(17)2)27-12-13-7-6-8-14(11-13)19(20,21)22/h4-11H,3,12H2,1-2H3. The molecule has 3 rings (SSSR count). The Hall–Kier alpha value is -2.48. The summed E-state index contributed by atoms with van der Waals surface area (Å²) in [6.45, 7) is 2.44. The number of hydrogen-bond acceptors (Lipinski definition) is 4. The summed E-state index contributed by atoms with van der Waals surface area (Å²) in [6.07, 6.45) is -4.35. The van der Waals surface area contributed by atoms with Gasteiger partial charge in [-0.3, -0.25) is 0 Å². The molecule has 0 saturated carbocycles. The smallest absolute Gasteiger partial charge is 0.416 e. The van der Waals surface area contributed by atoms with Crippen LogP contribution in [0.4, 0.5) is 13.2 Å². The molecule has 0 aliphatic heterocycles. The van der Waals surface area contributed by atoms with Crippen LogP contribution in [0.25, 0.3) is 11.4 Å². The van der Waals surface area contributed by atoms with Gasteiger partial charge < -0.3 is 9.30 Å². The lowest BCUT2D eigenvalue weighted by atomic mass is 10.1. The molecule has 0 spiro atoms. The Balaban J connectivity index is 1.79. The van der Waals surface area contributed by atoms with Gasteiger partial charge in [-0.15, -0.1) is 10.2 Å². The van der Waals surface area contributed by atoms with E-state index in [0.29, 0.717) is 34.7 Å². The molecule has 142 valence electrons. The average Bonchev–Trinajstić information content (AvgIpc) is 3.01. The van der Waals surface area contributed by atoms with E-state index in [-0.39, 0.29) is 0 Å². The minimum Gasteiger partial charge on any atom is -0.493 e. The third kappa shape index (κ3) is 4.44. The highest BCUT2D eigenvalue weighted by Gasteiger charge is 2.30. The van der Waals surface area contributed by atoms with Gasteiger partial charge in [-0.25, -0.2) is 0 Å². The monoisotopic (exact) mass is 393 g/mol. The largest absolute Gasteiger partial charge is 0.493 e. The van der Waals surface area contributed by atoms with Crippen molar-refractivity contribution in [2.75, 3.05) is 6.61 Å². The number of thioether (sulfide) groups is 1. The lowest BCUT2D eigenvalue weighted by molar-refractivity contribution is -0.137. The van der Waals surface area contributed by atoms with Gasteiger partial charge in [0.2, 0.25) is 0 Å². The molecular weight excluding hydrogens is 375 g/mol. The molecule has 0 aliphatic carbocycles. The quantitative estimate of drug-likeness (QED) is 0.540. The molecular formula is C19H18F3N3OS. The van der Waals surface area contributed by atoms with Crippen LogP contribution >= 0.6 is 11.8 Å². The first-order valence-corrected chi connectivity index (χ1v) is 9.29. The first-order valence-electron chi connectivity index (χ1n) is 8.30. The van der Waals surface area contributed by atoms with E-state index in [9.17, 15) is 13.2 Å². The highest BCUT2D eigenvalue weighted by atomic mass is 32.2. The summed E-state index contributed by atoms with van der Waals surface area (Å²) in [6, 6.07) is 12.9. The third-order valence-corrected chi connectivity index (χ3v) is 4.98. The van der Waals surface area contributed by atoms with Crippen molar-refractivity contribution in [1.82, 2.24) is 14.8 Å². The number of para-hydroxylation sites is 1. The zero-order chi connectivity index (χ0) is 19.4. The van der Waals surface area contributed by atoms with Gasteiger partial charge in [0, 0.05) is 12.8 Å². The number of nitrogens with zero attached hydrogens (tertiary/aromatic N) is 3. The number of halogens is 3. The molecule has 0 saturated heterocycles. The van der Waals surface area contributed by atoms with Crippen molar-refractivity contribution in [2.24, 2.45) is 7.05 Å². The van der Waals surface area contributed by atoms with Crippen LogP contribution in [0, 0.1) is 0 Å². The summed E-state index contributed by atoms with van der Waals surface area (Å²) in [5.74, 6) is 1.72. The number of hydrogen-bond donors (Lipinski definition) is 0. The van der Waals surface area contributed by atoms with Crippen LogP contribution in [-0.4, -0.2) is 21.4 Å². The molecule has 0 N–H and O–H groups in total. The van der Waals surface area contributed by atoms with Gasteiger partial charge in [0.05, 0.1) is 17.7 Å². The minimum absolute atomic E-state index is 0.364. The van der Waals surface area contributed by atoms with E-state index in [0.717, 1.165) is 17.7 Å². The maximum Gasteiger partial charge on any atom is 0.416 e. The molecule has 0 atom stereocenters. The Morgan fingerprint density at radius 2 is 1.85 bits per heavy atom. The van der Waals surface area contributed by atoms with Crippen LogP contribution < -0.4 is 4.74 Å². The lowest BCUT2D eigenvalue weighted by Crippen LogP contribution is -2.05. The third-order valence-electron chi connectivity index (χ3n) is 3.88. The molecule has 1 aromatic heterocycles. The van der Waals surface area contributed by atoms with Crippen LogP contribution in [0.3, 0.4) is 0 Å². The Bertz CT molecular complexity index is 925. The fraction of sp³-hybridized carbons (Fsp3) is 0.263. The van der Waals surface area contributed by atoms with Gasteiger partial charge in [0.25, 0.3) is 0 Å². The van der Waals surface area contributed by atoms with Crippen molar-refractivity contribution >= 4 is 11.8 Å². The second kappa shape index (κ2) is 8.04. The molecule has 0 amide bonds. The predicted molar refractivity (Wildman–Crippen MR) is 98.6 cm³/mol. The predicted octanol–water partition coefficient (Wildman–Crippen LogP) is 5.19. The van der Waals surface area contributed by atoms with Gasteiger partial charge in [-0.05, 0) is 30.7 Å². The summed E-state index contributed by atoms with van der Waals surface area (Å²) in [4.78, 5) is 0. The number of benzene rings is 2. The molecule has 4 nitrogen and oxygen atoms in total. The van der Waals surface area contributed by atoms with Gasteiger partial charge in [-0.2, -0.15) is 13.2 Å². The molecule has 8 heteroatoms. The SMILES string of the molecule is CCOc1ccccc1-c1nnc(SCc2cccc(C(F)(F)F)c2)n1C. The highest BCUT2D eigenvalue weighted by molar-refractivity contribution is 7.98. The van der Waals surface area contributed by atoms with Crippen molar-refractivity contribution in [3.63, 3.8) is 0 Å². The maximum atomic E-state index is 12.8. The Kier molecular flexibility index (Phi) is 5.74. The van der Waals surface area contributed by atoms with Crippen molar-refractivity contribution in [2.45, 2.75) is 24.0 Å². The lowest BCUT2D eigenvalue weighted by Gasteiger charge is -2.10. The van der Waals surface area contributed by atoms with E-state index in [2.05, 4.69) is 10.2 Å². The van der Waals surface area contributed by atoms with E-state index in [4.69, 9.17) is 4.74 Å². The van der Waals surface area contributed by atoms with Crippen LogP contribution in [0.2, 0.25) is 0 Å². The van der Waals surface area contributed by atoms with E-state index in [1.165, 1.54) is 17.8 Å². The molecule has 0 fully saturated rings. The Morgan fingerprint density at radius 1 is 1.07 bits per heavy atom. The van der Waals surface area contributed by atoms with E-state index >= 15 is 0 Å². The zero-order valence-corrected chi connectivity index (χ0v) is 15.6. The Morgan fingerprint density at radius 3 is 2.59 bits per heavy atom. The molecule has 27 heavy (non-hydrogen) atoms. The topological polar surface area (TPSA) is 39.9 Å². The normalized spacial score (nSPS) is 11.6. The van der Waals surface area contributed by atoms with E-state index in [1.54, 1.807) is 6.07 Å². The summed E-state index contributed by atoms with van der Waals surface area (Å²) in [5, 5.41) is 9.03. The van der Waals surface area contributed by atoms with Crippen molar-refractivity contribution in [3.05, 3.63) is 59.7 Å². The Labute approximate surface area is 159 Å². The van der Waals surface area contributed by atoms with Gasteiger partial charge in [0.1, 0.15) is 5.75 Å². The van der Waals surface area contributed by atoms with Crippen molar-refractivity contribution < 1.29 is 17.9 Å². The van der Waals surface area contributed by atoms with Crippen molar-refractivity contribution in [1.29, 1.82) is 0 Å². The van der Waals surface area contributed by atoms with Crippen LogP contribution in [0.5, 0.6) is 5.75 Å². The molecule has 1 heterocycles. The summed E-state index contributed by atoms with van der Waals surface area (Å²) < 4.78 is 46.0. The van der Waals surface area contributed by atoms with E-state index < -0.39 is 11.7 Å². The minimum atomic E-state index is -4.35.